The lowest BCUT2D eigenvalue weighted by atomic mass is 10.1. The number of hydrogen-bond donors (Lipinski definition) is 0. The number of hydrogen-bond acceptors (Lipinski definition) is 3. The van der Waals surface area contributed by atoms with Crippen molar-refractivity contribution >= 4 is 11.5 Å². The van der Waals surface area contributed by atoms with Gasteiger partial charge in [-0.3, -0.25) is 4.79 Å². The highest BCUT2D eigenvalue weighted by Crippen LogP contribution is 2.16. The summed E-state index contributed by atoms with van der Waals surface area (Å²) in [5.74, 6) is 0.114. The molecule has 0 amide bonds. The van der Waals surface area contributed by atoms with Crippen LogP contribution in [0.25, 0.3) is 0 Å². The van der Waals surface area contributed by atoms with Gasteiger partial charge in [-0.15, -0.1) is 0 Å². The van der Waals surface area contributed by atoms with Crippen molar-refractivity contribution in [2.24, 2.45) is 0 Å². The first kappa shape index (κ1) is 13.7. The molecule has 3 nitrogen and oxygen atoms in total. The number of ether oxygens (including phenoxy) is 1. The Hall–Kier alpha value is -1.35. The van der Waals surface area contributed by atoms with E-state index in [-0.39, 0.29) is 5.78 Å². The summed E-state index contributed by atoms with van der Waals surface area (Å²) in [5.41, 5.74) is 1.94. The van der Waals surface area contributed by atoms with Crippen molar-refractivity contribution in [1.29, 1.82) is 0 Å². The smallest absolute Gasteiger partial charge is 0.159 e. The first-order valence-electron chi connectivity index (χ1n) is 6.21. The van der Waals surface area contributed by atoms with Gasteiger partial charge in [0.05, 0.1) is 13.2 Å². The molecule has 1 saturated heterocycles. The molecule has 0 N–H and O–H groups in total. The number of carbonyl (C=O) groups is 1. The van der Waals surface area contributed by atoms with Gasteiger partial charge in [0.1, 0.15) is 0 Å². The Balaban J connectivity index is 0.000000686. The van der Waals surface area contributed by atoms with Gasteiger partial charge >= 0.3 is 0 Å². The number of Topliss-reactive ketones (excluding diaryl/α,β-unsaturated/α-hetero) is 1. The number of anilines is 1. The van der Waals surface area contributed by atoms with Gasteiger partial charge in [-0.1, -0.05) is 13.8 Å². The number of rotatable bonds is 2. The van der Waals surface area contributed by atoms with Gasteiger partial charge in [0.15, 0.2) is 5.78 Å². The molecule has 94 valence electrons. The molecule has 0 atom stereocenters. The summed E-state index contributed by atoms with van der Waals surface area (Å²) in [6.07, 6.45) is 0. The molecule has 0 aliphatic carbocycles. The van der Waals surface area contributed by atoms with Crippen molar-refractivity contribution in [3.05, 3.63) is 29.8 Å². The van der Waals surface area contributed by atoms with Gasteiger partial charge < -0.3 is 9.64 Å². The van der Waals surface area contributed by atoms with E-state index in [1.165, 1.54) is 5.69 Å². The lowest BCUT2D eigenvalue weighted by Gasteiger charge is -2.28. The zero-order valence-electron chi connectivity index (χ0n) is 10.9. The molecule has 0 spiro atoms. The Kier molecular flexibility index (Phi) is 5.70. The Labute approximate surface area is 103 Å². The van der Waals surface area contributed by atoms with Gasteiger partial charge in [0, 0.05) is 24.3 Å². The first-order chi connectivity index (χ1) is 8.27. The molecule has 2 rings (SSSR count). The van der Waals surface area contributed by atoms with Gasteiger partial charge in [0.25, 0.3) is 0 Å². The lowest BCUT2D eigenvalue weighted by molar-refractivity contribution is 0.101. The van der Waals surface area contributed by atoms with Crippen LogP contribution in [0.1, 0.15) is 31.1 Å². The molecule has 1 aliphatic rings. The maximum absolute atomic E-state index is 11.1. The number of carbonyl (C=O) groups excluding carboxylic acids is 1. The Morgan fingerprint density at radius 3 is 2.12 bits per heavy atom. The molecule has 0 unspecified atom stereocenters. The average molecular weight is 235 g/mol. The predicted octanol–water partition coefficient (Wildman–Crippen LogP) is 2.75. The number of ketones is 1. The Morgan fingerprint density at radius 1 is 1.12 bits per heavy atom. The zero-order valence-corrected chi connectivity index (χ0v) is 10.9. The second-order valence-corrected chi connectivity index (χ2v) is 3.70. The molecule has 1 fully saturated rings. The van der Waals surface area contributed by atoms with Crippen LogP contribution in [0.4, 0.5) is 5.69 Å². The summed E-state index contributed by atoms with van der Waals surface area (Å²) >= 11 is 0. The van der Waals surface area contributed by atoms with Crippen LogP contribution in [0.5, 0.6) is 0 Å². The highest BCUT2D eigenvalue weighted by atomic mass is 16.5. The largest absolute Gasteiger partial charge is 0.378 e. The fraction of sp³-hybridized carbons (Fsp3) is 0.500. The maximum Gasteiger partial charge on any atom is 0.159 e. The number of nitrogens with zero attached hydrogens (tertiary/aromatic N) is 1. The number of morpholine rings is 1. The van der Waals surface area contributed by atoms with E-state index in [0.29, 0.717) is 0 Å². The van der Waals surface area contributed by atoms with E-state index in [9.17, 15) is 4.79 Å². The summed E-state index contributed by atoms with van der Waals surface area (Å²) in [5, 5.41) is 0. The molecule has 1 aromatic rings. The van der Waals surface area contributed by atoms with Gasteiger partial charge in [-0.05, 0) is 31.2 Å². The van der Waals surface area contributed by atoms with Crippen LogP contribution in [0.2, 0.25) is 0 Å². The van der Waals surface area contributed by atoms with Crippen LogP contribution in [-0.4, -0.2) is 32.1 Å². The molecule has 0 bridgehead atoms. The van der Waals surface area contributed by atoms with E-state index in [4.69, 9.17) is 4.74 Å². The molecule has 0 radical (unpaired) electrons. The number of benzene rings is 1. The van der Waals surface area contributed by atoms with E-state index in [0.717, 1.165) is 31.9 Å². The SMILES string of the molecule is CC.CC(=O)c1ccc(N2CCOCC2)cc1. The Bertz CT molecular complexity index is 340. The molecule has 0 aromatic heterocycles. The van der Waals surface area contributed by atoms with Crippen LogP contribution in [0.15, 0.2) is 24.3 Å². The van der Waals surface area contributed by atoms with E-state index in [1.54, 1.807) is 6.92 Å². The quantitative estimate of drug-likeness (QED) is 0.738. The van der Waals surface area contributed by atoms with Crippen molar-refractivity contribution in [2.45, 2.75) is 20.8 Å². The van der Waals surface area contributed by atoms with Crippen LogP contribution in [0, 0.1) is 0 Å². The summed E-state index contributed by atoms with van der Waals surface area (Å²) in [7, 11) is 0. The van der Waals surface area contributed by atoms with Crippen molar-refractivity contribution in [3.8, 4) is 0 Å². The minimum absolute atomic E-state index is 0.114. The molecule has 17 heavy (non-hydrogen) atoms. The monoisotopic (exact) mass is 235 g/mol. The second-order valence-electron chi connectivity index (χ2n) is 3.70. The summed E-state index contributed by atoms with van der Waals surface area (Å²) in [6, 6.07) is 7.77. The van der Waals surface area contributed by atoms with Crippen molar-refractivity contribution in [1.82, 2.24) is 0 Å². The van der Waals surface area contributed by atoms with E-state index >= 15 is 0 Å². The third-order valence-corrected chi connectivity index (χ3v) is 2.65. The highest BCUT2D eigenvalue weighted by molar-refractivity contribution is 5.94. The summed E-state index contributed by atoms with van der Waals surface area (Å²) < 4.78 is 5.29. The summed E-state index contributed by atoms with van der Waals surface area (Å²) in [4.78, 5) is 13.4. The van der Waals surface area contributed by atoms with Crippen molar-refractivity contribution in [2.75, 3.05) is 31.2 Å². The molecule has 1 aromatic carbocycles. The van der Waals surface area contributed by atoms with E-state index in [2.05, 4.69) is 4.90 Å². The maximum atomic E-state index is 11.1. The third-order valence-electron chi connectivity index (χ3n) is 2.65. The van der Waals surface area contributed by atoms with Crippen molar-refractivity contribution < 1.29 is 9.53 Å². The van der Waals surface area contributed by atoms with Crippen LogP contribution in [0.3, 0.4) is 0 Å². The normalized spacial score (nSPS) is 14.9. The highest BCUT2D eigenvalue weighted by Gasteiger charge is 2.10. The second kappa shape index (κ2) is 7.07. The van der Waals surface area contributed by atoms with E-state index < -0.39 is 0 Å². The molecule has 3 heteroatoms. The Morgan fingerprint density at radius 2 is 1.65 bits per heavy atom. The van der Waals surface area contributed by atoms with Gasteiger partial charge in [-0.25, -0.2) is 0 Å². The topological polar surface area (TPSA) is 29.5 Å². The fourth-order valence-electron chi connectivity index (χ4n) is 1.73. The summed E-state index contributed by atoms with van der Waals surface area (Å²) in [6.45, 7) is 9.02. The molecule has 0 saturated carbocycles. The minimum Gasteiger partial charge on any atom is -0.378 e. The molecular formula is C14H21NO2. The molecule has 1 heterocycles. The van der Waals surface area contributed by atoms with Crippen LogP contribution in [-0.2, 0) is 4.74 Å². The third kappa shape index (κ3) is 3.86. The standard InChI is InChI=1S/C12H15NO2.C2H6/c1-10(14)11-2-4-12(5-3-11)13-6-8-15-9-7-13;1-2/h2-5H,6-9H2,1H3;1-2H3. The van der Waals surface area contributed by atoms with E-state index in [1.807, 2.05) is 38.1 Å². The predicted molar refractivity (Wildman–Crippen MR) is 70.8 cm³/mol. The fourth-order valence-corrected chi connectivity index (χ4v) is 1.73. The first-order valence-corrected chi connectivity index (χ1v) is 6.21. The average Bonchev–Trinajstić information content (AvgIpc) is 2.42. The van der Waals surface area contributed by atoms with Gasteiger partial charge in [-0.2, -0.15) is 0 Å². The van der Waals surface area contributed by atoms with Crippen LogP contribution >= 0.6 is 0 Å². The molecular weight excluding hydrogens is 214 g/mol. The zero-order chi connectivity index (χ0) is 12.7. The van der Waals surface area contributed by atoms with Crippen molar-refractivity contribution in [3.63, 3.8) is 0 Å². The van der Waals surface area contributed by atoms with Crippen LogP contribution < -0.4 is 4.90 Å². The minimum atomic E-state index is 0.114. The lowest BCUT2D eigenvalue weighted by Crippen LogP contribution is -2.36. The molecule has 1 aliphatic heterocycles. The van der Waals surface area contributed by atoms with Gasteiger partial charge in [0.2, 0.25) is 0 Å².